The van der Waals surface area contributed by atoms with E-state index < -0.39 is 47.2 Å². The van der Waals surface area contributed by atoms with Crippen molar-refractivity contribution < 1.29 is 52.9 Å². The van der Waals surface area contributed by atoms with Gasteiger partial charge in [-0.15, -0.1) is 92.8 Å². The topological polar surface area (TPSA) is 316 Å². The van der Waals surface area contributed by atoms with Crippen LogP contribution in [0.2, 0.25) is 0 Å². The molecule has 0 saturated carbocycles. The number of benzene rings is 3. The van der Waals surface area contributed by atoms with Gasteiger partial charge in [-0.1, -0.05) is 96.1 Å². The number of hydrogen-bond acceptors (Lipinski definition) is 23. The maximum atomic E-state index is 13.7. The summed E-state index contributed by atoms with van der Waals surface area (Å²) in [5.41, 5.74) is 10.7. The van der Waals surface area contributed by atoms with E-state index in [-0.39, 0.29) is 78.2 Å². The Bertz CT molecular complexity index is 4840. The molecule has 0 spiro atoms. The molecule has 0 saturated heterocycles. The van der Waals surface area contributed by atoms with E-state index in [1.165, 1.54) is 77.2 Å². The number of esters is 1. The van der Waals surface area contributed by atoms with Gasteiger partial charge < -0.3 is 30.6 Å². The van der Waals surface area contributed by atoms with Crippen molar-refractivity contribution in [2.75, 3.05) is 0 Å². The van der Waals surface area contributed by atoms with E-state index in [0.29, 0.717) is 64.9 Å². The summed E-state index contributed by atoms with van der Waals surface area (Å²) in [5.74, 6) is -3.37. The highest BCUT2D eigenvalue weighted by atomic mass is 35.5. The Morgan fingerprint density at radius 1 is 0.535 bits per heavy atom. The van der Waals surface area contributed by atoms with Crippen molar-refractivity contribution in [3.05, 3.63) is 174 Å². The number of carboxylic acid groups (broad SMARTS) is 1. The number of carbonyl (C=O) groups excluding carboxylic acids is 7. The third-order valence-electron chi connectivity index (χ3n) is 14.8. The first kappa shape index (κ1) is 79.5. The second-order valence-electron chi connectivity index (χ2n) is 25.5. The van der Waals surface area contributed by atoms with Gasteiger partial charge in [-0.2, -0.15) is 0 Å². The molecule has 0 bridgehead atoms. The number of ether oxygens (including phenoxy) is 2. The first-order valence-electron chi connectivity index (χ1n) is 31.2. The number of aromatic amines is 1. The van der Waals surface area contributed by atoms with E-state index in [1.807, 2.05) is 127 Å². The second kappa shape index (κ2) is 34.7. The molecule has 22 nitrogen and oxygen atoms in total. The SMILES string of the molecule is CC(C)C(NC(=O)OC(C)(C)C)C(=O)O.CC(C)[C@H](CC(=O)OC(C)(C)C)C(=O)n1cc(C(=O)c2nc(-c3nccs3)cs2)c2ccccc21.CC(C)[C@H](N)C(=O)n1cc(C(=O)c2nc(-c3nccs3)cs2)c2ccccc21.Cl.Cl.O=C(c1nc(-c2nccs2)cs1)c1c[nH]c2ccccc12. The maximum Gasteiger partial charge on any atom is 0.408 e. The van der Waals surface area contributed by atoms with Gasteiger partial charge in [0.2, 0.25) is 29.2 Å². The number of amides is 1. The molecule has 0 aliphatic rings. The van der Waals surface area contributed by atoms with Crippen molar-refractivity contribution in [1.82, 2.24) is 49.3 Å². The zero-order valence-corrected chi connectivity index (χ0v) is 63.5. The molecule has 12 aromatic rings. The highest BCUT2D eigenvalue weighted by Crippen LogP contribution is 2.33. The van der Waals surface area contributed by atoms with Gasteiger partial charge in [-0.3, -0.25) is 37.9 Å². The normalized spacial score (nSPS) is 12.2. The van der Waals surface area contributed by atoms with E-state index in [9.17, 15) is 38.4 Å². The lowest BCUT2D eigenvalue weighted by atomic mass is 9.91. The minimum absolute atomic E-state index is 0. The van der Waals surface area contributed by atoms with Gasteiger partial charge in [-0.05, 0) is 77.5 Å². The van der Waals surface area contributed by atoms with Crippen LogP contribution in [-0.4, -0.2) is 120 Å². The van der Waals surface area contributed by atoms with Crippen molar-refractivity contribution in [3.63, 3.8) is 0 Å². The highest BCUT2D eigenvalue weighted by Gasteiger charge is 2.33. The molecule has 5 N–H and O–H groups in total. The number of thiazole rings is 6. The third-order valence-corrected chi connectivity index (χ3v) is 19.7. The number of H-pyrrole nitrogens is 1. The van der Waals surface area contributed by atoms with E-state index in [4.69, 9.17) is 20.3 Å². The number of fused-ring (bicyclic) bond motifs is 3. The van der Waals surface area contributed by atoms with Crippen LogP contribution in [0.25, 0.3) is 64.8 Å². The van der Waals surface area contributed by atoms with Crippen LogP contribution < -0.4 is 11.1 Å². The molecular weight excluding hydrogens is 1450 g/mol. The van der Waals surface area contributed by atoms with E-state index >= 15 is 0 Å². The number of halogens is 2. The van der Waals surface area contributed by atoms with E-state index in [0.717, 1.165) is 31.6 Å². The summed E-state index contributed by atoms with van der Waals surface area (Å²) in [4.78, 5) is 129. The fraction of sp³-hybridized carbons (Fsp3) is 0.296. The van der Waals surface area contributed by atoms with Crippen LogP contribution in [0, 0.1) is 23.7 Å². The molecule has 0 aliphatic heterocycles. The number of alkyl carbamates (subject to hydrolysis) is 1. The van der Waals surface area contributed by atoms with Gasteiger partial charge in [0.15, 0.2) is 15.0 Å². The van der Waals surface area contributed by atoms with E-state index in [1.54, 1.807) is 98.6 Å². The predicted molar refractivity (Wildman–Crippen MR) is 405 cm³/mol. The molecule has 0 aliphatic carbocycles. The number of para-hydroxylation sites is 3. The number of carbonyl (C=O) groups is 8. The Kier molecular flexibility index (Phi) is 27.3. The second-order valence-corrected chi connectivity index (χ2v) is 30.8. The highest BCUT2D eigenvalue weighted by molar-refractivity contribution is 7.16. The van der Waals surface area contributed by atoms with Gasteiger partial charge in [0.1, 0.15) is 49.3 Å². The van der Waals surface area contributed by atoms with Crippen LogP contribution in [0.3, 0.4) is 0 Å². The third kappa shape index (κ3) is 19.8. The lowest BCUT2D eigenvalue weighted by Crippen LogP contribution is -2.46. The largest absolute Gasteiger partial charge is 0.480 e. The summed E-state index contributed by atoms with van der Waals surface area (Å²) in [6, 6.07) is 20.8. The average molecular weight is 1520 g/mol. The molecule has 101 heavy (non-hydrogen) atoms. The Hall–Kier alpha value is -8.84. The van der Waals surface area contributed by atoms with E-state index in [2.05, 4.69) is 40.2 Å². The first-order chi connectivity index (χ1) is 47.0. The summed E-state index contributed by atoms with van der Waals surface area (Å²) in [6.45, 7) is 21.6. The number of ketones is 3. The quantitative estimate of drug-likeness (QED) is 0.0458. The molecule has 1 amide bonds. The molecule has 9 heterocycles. The first-order valence-corrected chi connectivity index (χ1v) is 36.5. The maximum absolute atomic E-state index is 13.7. The van der Waals surface area contributed by atoms with Crippen LogP contribution in [0.4, 0.5) is 4.79 Å². The molecule has 3 aromatic carbocycles. The Labute approximate surface area is 618 Å². The van der Waals surface area contributed by atoms with Crippen LogP contribution in [0.5, 0.6) is 0 Å². The number of nitrogens with two attached hydrogens (primary N) is 1. The lowest BCUT2D eigenvalue weighted by molar-refractivity contribution is -0.156. The fourth-order valence-electron chi connectivity index (χ4n) is 9.91. The van der Waals surface area contributed by atoms with Gasteiger partial charge in [0, 0.05) is 91.1 Å². The Morgan fingerprint density at radius 3 is 1.33 bits per heavy atom. The van der Waals surface area contributed by atoms with Crippen LogP contribution in [0.15, 0.2) is 142 Å². The molecule has 9 aromatic heterocycles. The zero-order chi connectivity index (χ0) is 71.6. The fourth-order valence-corrected chi connectivity index (χ4v) is 14.2. The predicted octanol–water partition coefficient (Wildman–Crippen LogP) is 16.6. The van der Waals surface area contributed by atoms with Crippen molar-refractivity contribution in [2.45, 2.75) is 113 Å². The number of hydrogen-bond donors (Lipinski definition) is 4. The standard InChI is InChI=1S/C26H27N3O4S2.C20H18N4O2S2.C15H9N3OS2.C10H19NO4.2ClH/c1-15(2)17(12-21(30)33-26(3,4)5)25(32)29-13-18(16-8-6-7-9-20(16)29)22(31)24-28-19(14-35-24)23-27-10-11-34-23;1-11(2)16(21)20(26)24-9-13(12-5-3-4-6-15(12)24)17(25)19-23-14(10-28-19)18-22-7-8-27-18;19-13(10-7-17-11-4-2-1-3-9(10)11)15-18-12(8-21-15)14-16-5-6-20-14;1-6(2)7(8(12)13)11-9(14)15-10(3,4)5;;/h6-11,13-15,17H,12H2,1-5H3;3-11,16H,21H2,1-2H3;1-8,17H;6-7H,1-5H3,(H,11,14)(H,12,13);2*1H/t17-;16-;;;;/m00..../s1. The summed E-state index contributed by atoms with van der Waals surface area (Å²) in [7, 11) is 0. The number of rotatable bonds is 18. The average Bonchev–Trinajstić information content (AvgIpc) is 1.63. The number of aliphatic carboxylic acids is 1. The van der Waals surface area contributed by atoms with Crippen LogP contribution in [-0.2, 0) is 19.1 Å². The van der Waals surface area contributed by atoms with Crippen molar-refractivity contribution in [2.24, 2.45) is 29.4 Å². The van der Waals surface area contributed by atoms with Crippen molar-refractivity contribution in [3.8, 4) is 32.1 Å². The van der Waals surface area contributed by atoms with Crippen molar-refractivity contribution >= 4 is 173 Å². The van der Waals surface area contributed by atoms with Gasteiger partial charge in [0.25, 0.3) is 0 Å². The lowest BCUT2D eigenvalue weighted by Gasteiger charge is -2.23. The number of nitrogens with one attached hydrogen (secondary N) is 2. The Morgan fingerprint density at radius 2 is 0.941 bits per heavy atom. The zero-order valence-electron chi connectivity index (χ0n) is 57.0. The minimum Gasteiger partial charge on any atom is -0.480 e. The van der Waals surface area contributed by atoms with Gasteiger partial charge in [-0.25, -0.2) is 39.5 Å². The molecule has 30 heteroatoms. The molecule has 530 valence electrons. The van der Waals surface area contributed by atoms with Crippen molar-refractivity contribution in [1.29, 1.82) is 0 Å². The minimum atomic E-state index is -1.06. The molecule has 1 unspecified atom stereocenters. The molecular formula is C71H75Cl2N11O11S6. The van der Waals surface area contributed by atoms with Crippen LogP contribution >= 0.6 is 92.8 Å². The molecule has 0 radical (unpaired) electrons. The number of aromatic nitrogens is 9. The number of carboxylic acids is 1. The number of nitrogens with zero attached hydrogens (tertiary/aromatic N) is 8. The Balaban J connectivity index is 0.000000196. The smallest absolute Gasteiger partial charge is 0.408 e. The summed E-state index contributed by atoms with van der Waals surface area (Å²) < 4.78 is 13.4. The molecule has 3 atom stereocenters. The summed E-state index contributed by atoms with van der Waals surface area (Å²) in [5, 5.41) is 28.1. The monoisotopic (exact) mass is 1520 g/mol. The van der Waals surface area contributed by atoms with Gasteiger partial charge in [0.05, 0.1) is 46.1 Å². The molecule has 12 rings (SSSR count). The summed E-state index contributed by atoms with van der Waals surface area (Å²) >= 11 is 8.33. The molecule has 0 fully saturated rings. The summed E-state index contributed by atoms with van der Waals surface area (Å²) in [6.07, 6.45) is 9.31. The van der Waals surface area contributed by atoms with Gasteiger partial charge >= 0.3 is 18.0 Å². The van der Waals surface area contributed by atoms with Crippen LogP contribution in [0.1, 0.15) is 145 Å².